The maximum Gasteiger partial charge on any atom is 0.263 e. The Balaban J connectivity index is 0.00000245. The summed E-state index contributed by atoms with van der Waals surface area (Å²) in [6.45, 7) is 0. The first-order chi connectivity index (χ1) is 15.1. The fourth-order valence-corrected chi connectivity index (χ4v) is 4.62. The second kappa shape index (κ2) is 8.77. The first kappa shape index (κ1) is 21.5. The highest BCUT2D eigenvalue weighted by atomic mass is 32.2. The molecule has 160 valence electrons. The minimum absolute atomic E-state index is 0. The molecule has 0 saturated heterocycles. The zero-order chi connectivity index (χ0) is 21.3. The molecule has 1 aromatic heterocycles. The van der Waals surface area contributed by atoms with E-state index >= 15 is 0 Å². The molecule has 1 N–H and O–H groups in total. The summed E-state index contributed by atoms with van der Waals surface area (Å²) in [6.07, 6.45) is 0.454. The van der Waals surface area contributed by atoms with Gasteiger partial charge in [-0.25, -0.2) is 18.4 Å². The van der Waals surface area contributed by atoms with Gasteiger partial charge in [-0.15, -0.1) is 0 Å². The van der Waals surface area contributed by atoms with Crippen molar-refractivity contribution in [1.82, 2.24) is 9.97 Å². The molecule has 0 atom stereocenters. The van der Waals surface area contributed by atoms with Crippen molar-refractivity contribution in [2.75, 3.05) is 4.72 Å². The van der Waals surface area contributed by atoms with Crippen molar-refractivity contribution >= 4 is 37.6 Å². The summed E-state index contributed by atoms with van der Waals surface area (Å²) in [6, 6.07) is 30.0. The van der Waals surface area contributed by atoms with Crippen molar-refractivity contribution in [3.63, 3.8) is 0 Å². The predicted octanol–water partition coefficient (Wildman–Crippen LogP) is 5.81. The van der Waals surface area contributed by atoms with Gasteiger partial charge in [0, 0.05) is 6.42 Å². The monoisotopic (exact) mass is 441 g/mol. The van der Waals surface area contributed by atoms with E-state index in [0.29, 0.717) is 17.6 Å². The van der Waals surface area contributed by atoms with Crippen LogP contribution in [0.4, 0.5) is 5.82 Å². The van der Waals surface area contributed by atoms with Gasteiger partial charge in [0.1, 0.15) is 0 Å². The van der Waals surface area contributed by atoms with Gasteiger partial charge in [-0.2, -0.15) is 0 Å². The lowest BCUT2D eigenvalue weighted by molar-refractivity contribution is 0.601. The van der Waals surface area contributed by atoms with Crippen LogP contribution in [0.25, 0.3) is 21.8 Å². The SMILES string of the molecule is C.O=S(=O)(Nc1nc2ccccc2nc1Cc1ccc2ccccc2c1)c1ccccc1. The Bertz CT molecular complexity index is 1500. The van der Waals surface area contributed by atoms with Crippen LogP contribution in [0.1, 0.15) is 18.7 Å². The van der Waals surface area contributed by atoms with Crippen molar-refractivity contribution in [2.45, 2.75) is 18.7 Å². The standard InChI is InChI=1S/C25H19N3O2S.CH4/c29-31(30,21-10-2-1-3-11-21)28-25-24(26-22-12-6-7-13-23(22)27-25)17-18-14-15-19-8-4-5-9-20(19)16-18;/h1-16H,17H2,(H,27,28);1H4. The van der Waals surface area contributed by atoms with Gasteiger partial charge in [0.2, 0.25) is 0 Å². The van der Waals surface area contributed by atoms with Crippen LogP contribution in [0.15, 0.2) is 102 Å². The molecule has 5 nitrogen and oxygen atoms in total. The molecular weight excluding hydrogens is 418 g/mol. The van der Waals surface area contributed by atoms with Gasteiger partial charge in [0.25, 0.3) is 10.0 Å². The second-order valence-electron chi connectivity index (χ2n) is 7.28. The molecule has 1 heterocycles. The number of sulfonamides is 1. The van der Waals surface area contributed by atoms with E-state index in [0.717, 1.165) is 21.9 Å². The van der Waals surface area contributed by atoms with Crippen LogP contribution < -0.4 is 4.72 Å². The van der Waals surface area contributed by atoms with E-state index in [4.69, 9.17) is 4.98 Å². The number of hydrogen-bond donors (Lipinski definition) is 1. The van der Waals surface area contributed by atoms with Gasteiger partial charge in [-0.05, 0) is 40.6 Å². The number of nitrogens with zero attached hydrogens (tertiary/aromatic N) is 2. The third-order valence-corrected chi connectivity index (χ3v) is 6.47. The lowest BCUT2D eigenvalue weighted by Gasteiger charge is -2.13. The molecule has 0 spiro atoms. The van der Waals surface area contributed by atoms with Gasteiger partial charge in [0.15, 0.2) is 5.82 Å². The van der Waals surface area contributed by atoms with Crippen molar-refractivity contribution in [3.05, 3.63) is 108 Å². The van der Waals surface area contributed by atoms with Crippen molar-refractivity contribution in [3.8, 4) is 0 Å². The molecule has 0 radical (unpaired) electrons. The van der Waals surface area contributed by atoms with E-state index in [2.05, 4.69) is 34.0 Å². The Kier molecular flexibility index (Phi) is 5.88. The largest absolute Gasteiger partial charge is 0.263 e. The van der Waals surface area contributed by atoms with Crippen molar-refractivity contribution in [2.24, 2.45) is 0 Å². The Hall–Kier alpha value is -3.77. The molecule has 0 amide bonds. The molecule has 0 saturated carbocycles. The molecule has 0 aliphatic carbocycles. The Morgan fingerprint density at radius 1 is 0.688 bits per heavy atom. The number of para-hydroxylation sites is 2. The number of anilines is 1. The number of nitrogens with one attached hydrogen (secondary N) is 1. The average molecular weight is 442 g/mol. The number of hydrogen-bond acceptors (Lipinski definition) is 4. The summed E-state index contributed by atoms with van der Waals surface area (Å²) >= 11 is 0. The van der Waals surface area contributed by atoms with Gasteiger partial charge in [0.05, 0.1) is 21.6 Å². The predicted molar refractivity (Wildman–Crippen MR) is 130 cm³/mol. The van der Waals surface area contributed by atoms with E-state index < -0.39 is 10.0 Å². The van der Waals surface area contributed by atoms with E-state index in [9.17, 15) is 8.42 Å². The maximum atomic E-state index is 12.9. The summed E-state index contributed by atoms with van der Waals surface area (Å²) in [4.78, 5) is 9.51. The molecule has 4 aromatic carbocycles. The third kappa shape index (κ3) is 4.31. The van der Waals surface area contributed by atoms with Crippen LogP contribution in [0, 0.1) is 0 Å². The average Bonchev–Trinajstić information content (AvgIpc) is 2.80. The van der Waals surface area contributed by atoms with Crippen LogP contribution in [-0.4, -0.2) is 18.4 Å². The Morgan fingerprint density at radius 3 is 2.06 bits per heavy atom. The highest BCUT2D eigenvalue weighted by molar-refractivity contribution is 7.92. The summed E-state index contributed by atoms with van der Waals surface area (Å²) in [5.41, 5.74) is 2.97. The normalized spacial score (nSPS) is 11.2. The van der Waals surface area contributed by atoms with E-state index in [-0.39, 0.29) is 18.1 Å². The highest BCUT2D eigenvalue weighted by Gasteiger charge is 2.18. The number of rotatable bonds is 5. The quantitative estimate of drug-likeness (QED) is 0.373. The first-order valence-electron chi connectivity index (χ1n) is 9.90. The second-order valence-corrected chi connectivity index (χ2v) is 8.97. The molecule has 0 aliphatic rings. The third-order valence-electron chi connectivity index (χ3n) is 5.11. The summed E-state index contributed by atoms with van der Waals surface area (Å²) < 4.78 is 28.5. The van der Waals surface area contributed by atoms with Gasteiger partial charge in [-0.3, -0.25) is 4.72 Å². The Labute approximate surface area is 187 Å². The van der Waals surface area contributed by atoms with Crippen LogP contribution in [0.5, 0.6) is 0 Å². The summed E-state index contributed by atoms with van der Waals surface area (Å²) in [5, 5.41) is 2.28. The van der Waals surface area contributed by atoms with Crippen LogP contribution in [-0.2, 0) is 16.4 Å². The lowest BCUT2D eigenvalue weighted by atomic mass is 10.0. The number of benzene rings is 4. The van der Waals surface area contributed by atoms with Gasteiger partial charge < -0.3 is 0 Å². The zero-order valence-corrected chi connectivity index (χ0v) is 17.4. The Morgan fingerprint density at radius 2 is 1.31 bits per heavy atom. The zero-order valence-electron chi connectivity index (χ0n) is 16.6. The molecule has 6 heteroatoms. The molecule has 5 aromatic rings. The number of aromatic nitrogens is 2. The van der Waals surface area contributed by atoms with Crippen LogP contribution in [0.3, 0.4) is 0 Å². The van der Waals surface area contributed by atoms with Crippen LogP contribution in [0.2, 0.25) is 0 Å². The fourth-order valence-electron chi connectivity index (χ4n) is 3.57. The molecule has 32 heavy (non-hydrogen) atoms. The minimum Gasteiger partial charge on any atom is -0.262 e. The molecule has 0 bridgehead atoms. The van der Waals surface area contributed by atoms with Crippen molar-refractivity contribution < 1.29 is 8.42 Å². The van der Waals surface area contributed by atoms with E-state index in [1.165, 1.54) is 0 Å². The molecule has 0 fully saturated rings. The molecular formula is C26H23N3O2S. The first-order valence-corrected chi connectivity index (χ1v) is 11.4. The van der Waals surface area contributed by atoms with Crippen LogP contribution >= 0.6 is 0 Å². The maximum absolute atomic E-state index is 12.9. The topological polar surface area (TPSA) is 72.0 Å². The van der Waals surface area contributed by atoms with Crippen molar-refractivity contribution in [1.29, 1.82) is 0 Å². The minimum atomic E-state index is -3.78. The van der Waals surface area contributed by atoms with E-state index in [1.54, 1.807) is 30.3 Å². The molecule has 0 unspecified atom stereocenters. The molecule has 5 rings (SSSR count). The lowest BCUT2D eigenvalue weighted by Crippen LogP contribution is -2.16. The van der Waals surface area contributed by atoms with Gasteiger partial charge >= 0.3 is 0 Å². The molecule has 0 aliphatic heterocycles. The summed E-state index contributed by atoms with van der Waals surface area (Å²) in [5.74, 6) is 0.246. The number of fused-ring (bicyclic) bond motifs is 2. The van der Waals surface area contributed by atoms with E-state index in [1.807, 2.05) is 42.5 Å². The smallest absolute Gasteiger partial charge is 0.262 e. The fraction of sp³-hybridized carbons (Fsp3) is 0.0769. The van der Waals surface area contributed by atoms with Gasteiger partial charge in [-0.1, -0.05) is 80.2 Å². The summed E-state index contributed by atoms with van der Waals surface area (Å²) in [7, 11) is -3.78. The highest BCUT2D eigenvalue weighted by Crippen LogP contribution is 2.24.